The van der Waals surface area contributed by atoms with Gasteiger partial charge in [0.1, 0.15) is 5.82 Å². The third-order valence-electron chi connectivity index (χ3n) is 2.74. The summed E-state index contributed by atoms with van der Waals surface area (Å²) in [6.07, 6.45) is 1.56. The van der Waals surface area contributed by atoms with Crippen LogP contribution in [0.25, 0.3) is 0 Å². The molecule has 19 heavy (non-hydrogen) atoms. The van der Waals surface area contributed by atoms with Gasteiger partial charge in [-0.15, -0.1) is 0 Å². The summed E-state index contributed by atoms with van der Waals surface area (Å²) in [4.78, 5) is 27.2. The Morgan fingerprint density at radius 1 is 1.42 bits per heavy atom. The fourth-order valence-electron chi connectivity index (χ4n) is 1.34. The van der Waals surface area contributed by atoms with Crippen molar-refractivity contribution in [3.63, 3.8) is 0 Å². The van der Waals surface area contributed by atoms with Crippen LogP contribution < -0.4 is 16.4 Å². The number of rotatable bonds is 6. The third-order valence-corrected chi connectivity index (χ3v) is 2.74. The number of amides is 2. The van der Waals surface area contributed by atoms with Gasteiger partial charge in [0.05, 0.1) is 5.41 Å². The van der Waals surface area contributed by atoms with Crippen LogP contribution in [0.4, 0.5) is 5.82 Å². The van der Waals surface area contributed by atoms with Crippen molar-refractivity contribution in [3.05, 3.63) is 23.9 Å². The van der Waals surface area contributed by atoms with E-state index in [1.54, 1.807) is 32.2 Å². The molecule has 0 spiro atoms. The summed E-state index contributed by atoms with van der Waals surface area (Å²) in [5.74, 6) is -0.0592. The Labute approximate surface area is 112 Å². The van der Waals surface area contributed by atoms with E-state index in [-0.39, 0.29) is 12.5 Å². The van der Waals surface area contributed by atoms with E-state index in [2.05, 4.69) is 15.6 Å². The number of primary amides is 1. The average Bonchev–Trinajstić information content (AvgIpc) is 2.36. The Bertz CT molecular complexity index is 471. The Morgan fingerprint density at radius 3 is 2.68 bits per heavy atom. The van der Waals surface area contributed by atoms with Crippen LogP contribution in [0.1, 0.15) is 31.1 Å². The average molecular weight is 264 g/mol. The van der Waals surface area contributed by atoms with Crippen LogP contribution >= 0.6 is 0 Å². The molecule has 0 bridgehead atoms. The molecule has 104 valence electrons. The number of nitrogens with one attached hydrogen (secondary N) is 2. The SMILES string of the molecule is CCNc1cc(C(=O)NCC(C)(C)C(N)=O)ccn1. The summed E-state index contributed by atoms with van der Waals surface area (Å²) >= 11 is 0. The number of pyridine rings is 1. The third kappa shape index (κ3) is 4.24. The van der Waals surface area contributed by atoms with Gasteiger partial charge in [-0.2, -0.15) is 0 Å². The largest absolute Gasteiger partial charge is 0.370 e. The molecule has 0 radical (unpaired) electrons. The van der Waals surface area contributed by atoms with E-state index in [1.807, 2.05) is 6.92 Å². The first-order valence-corrected chi connectivity index (χ1v) is 6.15. The van der Waals surface area contributed by atoms with Crippen molar-refractivity contribution >= 4 is 17.6 Å². The van der Waals surface area contributed by atoms with Gasteiger partial charge in [0.15, 0.2) is 0 Å². The van der Waals surface area contributed by atoms with Crippen LogP contribution in [0.3, 0.4) is 0 Å². The predicted octanol–water partition coefficient (Wildman–Crippen LogP) is 0.755. The van der Waals surface area contributed by atoms with Crippen molar-refractivity contribution in [2.75, 3.05) is 18.4 Å². The number of carbonyl (C=O) groups excluding carboxylic acids is 2. The second-order valence-electron chi connectivity index (χ2n) is 4.89. The van der Waals surface area contributed by atoms with Gasteiger partial charge in [-0.25, -0.2) is 4.98 Å². The van der Waals surface area contributed by atoms with Gasteiger partial charge >= 0.3 is 0 Å². The van der Waals surface area contributed by atoms with Crippen LogP contribution in [0.15, 0.2) is 18.3 Å². The number of anilines is 1. The molecule has 0 unspecified atom stereocenters. The monoisotopic (exact) mass is 264 g/mol. The molecule has 1 aromatic rings. The van der Waals surface area contributed by atoms with Gasteiger partial charge in [0.25, 0.3) is 5.91 Å². The molecule has 1 rings (SSSR count). The first-order chi connectivity index (χ1) is 8.86. The van der Waals surface area contributed by atoms with Crippen molar-refractivity contribution in [3.8, 4) is 0 Å². The minimum absolute atomic E-state index is 0.194. The minimum Gasteiger partial charge on any atom is -0.370 e. The van der Waals surface area contributed by atoms with E-state index in [0.29, 0.717) is 11.4 Å². The number of hydrogen-bond donors (Lipinski definition) is 3. The van der Waals surface area contributed by atoms with E-state index in [0.717, 1.165) is 6.54 Å². The summed E-state index contributed by atoms with van der Waals surface area (Å²) in [6.45, 7) is 6.25. The molecule has 0 aliphatic rings. The highest BCUT2D eigenvalue weighted by Crippen LogP contribution is 2.13. The molecule has 1 aromatic heterocycles. The molecule has 4 N–H and O–H groups in total. The maximum absolute atomic E-state index is 12.0. The summed E-state index contributed by atoms with van der Waals surface area (Å²) in [5, 5.41) is 5.72. The molecule has 0 aromatic carbocycles. The topological polar surface area (TPSA) is 97.1 Å². The molecule has 1 heterocycles. The second kappa shape index (κ2) is 6.17. The maximum Gasteiger partial charge on any atom is 0.251 e. The van der Waals surface area contributed by atoms with Crippen LogP contribution in [-0.2, 0) is 4.79 Å². The number of carbonyl (C=O) groups is 2. The Morgan fingerprint density at radius 2 is 2.11 bits per heavy atom. The molecule has 0 fully saturated rings. The molecular weight excluding hydrogens is 244 g/mol. The summed E-state index contributed by atoms with van der Waals surface area (Å²) in [5.41, 5.74) is 4.97. The highest BCUT2D eigenvalue weighted by molar-refractivity contribution is 5.95. The lowest BCUT2D eigenvalue weighted by Crippen LogP contribution is -2.42. The van der Waals surface area contributed by atoms with Crippen LogP contribution in [0.2, 0.25) is 0 Å². The molecule has 0 saturated carbocycles. The molecule has 0 aliphatic heterocycles. The minimum atomic E-state index is -0.771. The number of nitrogens with two attached hydrogens (primary N) is 1. The van der Waals surface area contributed by atoms with Gasteiger partial charge in [-0.05, 0) is 32.9 Å². The van der Waals surface area contributed by atoms with Crippen LogP contribution in [-0.4, -0.2) is 29.9 Å². The second-order valence-corrected chi connectivity index (χ2v) is 4.89. The molecule has 0 atom stereocenters. The standard InChI is InChI=1S/C13H20N4O2/c1-4-15-10-7-9(5-6-16-10)11(18)17-8-13(2,3)12(14)19/h5-7H,4,8H2,1-3H3,(H2,14,19)(H,15,16)(H,17,18). The molecule has 0 saturated heterocycles. The van der Waals surface area contributed by atoms with Crippen molar-refractivity contribution in [1.82, 2.24) is 10.3 Å². The smallest absolute Gasteiger partial charge is 0.251 e. The lowest BCUT2D eigenvalue weighted by Gasteiger charge is -2.20. The predicted molar refractivity (Wildman–Crippen MR) is 73.7 cm³/mol. The van der Waals surface area contributed by atoms with Crippen molar-refractivity contribution < 1.29 is 9.59 Å². The van der Waals surface area contributed by atoms with Crippen molar-refractivity contribution in [2.45, 2.75) is 20.8 Å². The van der Waals surface area contributed by atoms with Gasteiger partial charge in [-0.1, -0.05) is 0 Å². The molecular formula is C13H20N4O2. The number of nitrogens with zero attached hydrogens (tertiary/aromatic N) is 1. The van der Waals surface area contributed by atoms with E-state index in [4.69, 9.17) is 5.73 Å². The Hall–Kier alpha value is -2.11. The maximum atomic E-state index is 12.0. The zero-order chi connectivity index (χ0) is 14.5. The lowest BCUT2D eigenvalue weighted by atomic mass is 9.92. The van der Waals surface area contributed by atoms with Crippen LogP contribution in [0, 0.1) is 5.41 Å². The zero-order valence-corrected chi connectivity index (χ0v) is 11.5. The highest BCUT2D eigenvalue weighted by Gasteiger charge is 2.25. The van der Waals surface area contributed by atoms with Gasteiger partial charge in [-0.3, -0.25) is 9.59 Å². The fraction of sp³-hybridized carbons (Fsp3) is 0.462. The quantitative estimate of drug-likeness (QED) is 0.706. The number of aromatic nitrogens is 1. The van der Waals surface area contributed by atoms with E-state index < -0.39 is 11.3 Å². The summed E-state index contributed by atoms with van der Waals surface area (Å²) in [6, 6.07) is 3.28. The first-order valence-electron chi connectivity index (χ1n) is 6.15. The molecule has 6 nitrogen and oxygen atoms in total. The Balaban J connectivity index is 2.68. The first kappa shape index (κ1) is 14.9. The lowest BCUT2D eigenvalue weighted by molar-refractivity contribution is -0.125. The Kier molecular flexibility index (Phi) is 4.86. The van der Waals surface area contributed by atoms with Crippen LogP contribution in [0.5, 0.6) is 0 Å². The number of hydrogen-bond acceptors (Lipinski definition) is 4. The van der Waals surface area contributed by atoms with Gasteiger partial charge in [0.2, 0.25) is 5.91 Å². The molecule has 2 amide bonds. The summed E-state index contributed by atoms with van der Waals surface area (Å²) in [7, 11) is 0. The van der Waals surface area contributed by atoms with Crippen molar-refractivity contribution in [2.24, 2.45) is 11.1 Å². The van der Waals surface area contributed by atoms with E-state index >= 15 is 0 Å². The summed E-state index contributed by atoms with van der Waals surface area (Å²) < 4.78 is 0. The van der Waals surface area contributed by atoms with E-state index in [9.17, 15) is 9.59 Å². The normalized spacial score (nSPS) is 10.9. The van der Waals surface area contributed by atoms with Gasteiger partial charge < -0.3 is 16.4 Å². The molecule has 0 aliphatic carbocycles. The fourth-order valence-corrected chi connectivity index (χ4v) is 1.34. The van der Waals surface area contributed by atoms with Crippen molar-refractivity contribution in [1.29, 1.82) is 0 Å². The highest BCUT2D eigenvalue weighted by atomic mass is 16.2. The zero-order valence-electron chi connectivity index (χ0n) is 11.5. The van der Waals surface area contributed by atoms with E-state index in [1.165, 1.54) is 0 Å². The molecule has 6 heteroatoms. The van der Waals surface area contributed by atoms with Gasteiger partial charge in [0, 0.05) is 24.8 Å².